The first-order chi connectivity index (χ1) is 20.1. The summed E-state index contributed by atoms with van der Waals surface area (Å²) in [4.78, 5) is 21.6. The number of anilines is 3. The number of ether oxygens (including phenoxy) is 1. The van der Waals surface area contributed by atoms with E-state index in [1.165, 1.54) is 17.4 Å². The molecule has 1 fully saturated rings. The van der Waals surface area contributed by atoms with E-state index in [9.17, 15) is 22.0 Å². The molecule has 5 rings (SSSR count). The molecule has 1 aliphatic rings. The highest BCUT2D eigenvalue weighted by Crippen LogP contribution is 2.28. The molecule has 13 heteroatoms. The van der Waals surface area contributed by atoms with Crippen LogP contribution in [-0.4, -0.2) is 49.7 Å². The lowest BCUT2D eigenvalue weighted by Gasteiger charge is -2.38. The van der Waals surface area contributed by atoms with Crippen LogP contribution in [-0.2, 0) is 16.6 Å². The maximum Gasteiger partial charge on any atom is 0.326 e. The number of aromatic nitrogens is 1. The molecule has 0 aliphatic carbocycles. The van der Waals surface area contributed by atoms with Gasteiger partial charge in [-0.15, -0.1) is 0 Å². The van der Waals surface area contributed by atoms with Gasteiger partial charge in [-0.2, -0.15) is 11.3 Å². The predicted octanol–water partition coefficient (Wildman–Crippen LogP) is 6.29. The second-order valence-electron chi connectivity index (χ2n) is 9.92. The topological polar surface area (TPSA) is 104 Å². The van der Waals surface area contributed by atoms with Crippen molar-refractivity contribution in [3.8, 4) is 11.6 Å². The number of carbonyl (C=O) groups excluding carboxylic acids is 1. The zero-order valence-electron chi connectivity index (χ0n) is 22.7. The maximum absolute atomic E-state index is 14.2. The minimum Gasteiger partial charge on any atom is -0.439 e. The summed E-state index contributed by atoms with van der Waals surface area (Å²) in [6.07, 6.45) is 4.27. The van der Waals surface area contributed by atoms with Gasteiger partial charge in [-0.25, -0.2) is 27.0 Å². The van der Waals surface area contributed by atoms with Crippen LogP contribution in [0.4, 0.5) is 30.6 Å². The number of halogens is 2. The average molecular weight is 614 g/mol. The minimum absolute atomic E-state index is 0.0695. The van der Waals surface area contributed by atoms with Crippen molar-refractivity contribution >= 4 is 44.5 Å². The van der Waals surface area contributed by atoms with Crippen molar-refractivity contribution in [1.29, 1.82) is 0 Å². The number of hydrogen-bond donors (Lipinski definition) is 2. The Hall–Kier alpha value is -4.07. The van der Waals surface area contributed by atoms with Gasteiger partial charge in [-0.1, -0.05) is 6.07 Å². The highest BCUT2D eigenvalue weighted by molar-refractivity contribution is 7.92. The van der Waals surface area contributed by atoms with Gasteiger partial charge >= 0.3 is 6.03 Å². The third-order valence-corrected chi connectivity index (χ3v) is 7.96. The van der Waals surface area contributed by atoms with Gasteiger partial charge in [0.05, 0.1) is 17.6 Å². The normalized spacial score (nSPS) is 14.4. The number of piperidine rings is 1. The number of pyridine rings is 1. The Morgan fingerprint density at radius 2 is 1.86 bits per heavy atom. The van der Waals surface area contributed by atoms with E-state index in [1.807, 2.05) is 22.9 Å². The third-order valence-electron chi connectivity index (χ3n) is 6.68. The second kappa shape index (κ2) is 12.8. The summed E-state index contributed by atoms with van der Waals surface area (Å²) in [5, 5.41) is 6.36. The van der Waals surface area contributed by atoms with Crippen LogP contribution in [0.3, 0.4) is 0 Å². The number of urea groups is 1. The lowest BCUT2D eigenvalue weighted by Crippen LogP contribution is -2.49. The van der Waals surface area contributed by atoms with Crippen molar-refractivity contribution in [3.63, 3.8) is 0 Å². The van der Waals surface area contributed by atoms with E-state index in [2.05, 4.69) is 19.9 Å². The van der Waals surface area contributed by atoms with E-state index >= 15 is 0 Å². The fraction of sp³-hybridized carbons (Fsp3) is 0.241. The van der Waals surface area contributed by atoms with Crippen molar-refractivity contribution in [2.75, 3.05) is 34.3 Å². The Labute approximate surface area is 246 Å². The van der Waals surface area contributed by atoms with Gasteiger partial charge in [-0.05, 0) is 66.2 Å². The average Bonchev–Trinajstić information content (AvgIpc) is 3.47. The third kappa shape index (κ3) is 7.81. The molecule has 1 saturated heterocycles. The summed E-state index contributed by atoms with van der Waals surface area (Å²) in [5.74, 6) is -0.594. The van der Waals surface area contributed by atoms with Crippen molar-refractivity contribution in [2.24, 2.45) is 0 Å². The number of amides is 2. The first-order valence-electron chi connectivity index (χ1n) is 13.1. The molecule has 0 radical (unpaired) electrons. The second-order valence-corrected chi connectivity index (χ2v) is 12.4. The molecule has 3 heterocycles. The molecule has 2 amide bonds. The Balaban J connectivity index is 1.16. The van der Waals surface area contributed by atoms with Crippen LogP contribution in [0.15, 0.2) is 77.6 Å². The molecule has 0 bridgehead atoms. The van der Waals surface area contributed by atoms with Crippen LogP contribution in [0.2, 0.25) is 0 Å². The SMILES string of the molecule is CS(=O)(=O)Nc1ccc(Oc2ccc(CN3CCC(N(C(=O)Nc4ccc(F)cc4F)c4ccsc4)CC3)cn2)cc1. The van der Waals surface area contributed by atoms with Gasteiger partial charge < -0.3 is 10.1 Å². The first kappa shape index (κ1) is 29.4. The molecule has 1 aliphatic heterocycles. The summed E-state index contributed by atoms with van der Waals surface area (Å²) in [6, 6.07) is 14.6. The Kier molecular flexibility index (Phi) is 9.00. The van der Waals surface area contributed by atoms with Crippen molar-refractivity contribution in [3.05, 3.63) is 94.8 Å². The van der Waals surface area contributed by atoms with Gasteiger partial charge in [0, 0.05) is 55.1 Å². The molecule has 4 aromatic rings. The molecular formula is C29H29F2N5O4S2. The van der Waals surface area contributed by atoms with Gasteiger partial charge in [0.25, 0.3) is 0 Å². The molecule has 0 saturated carbocycles. The highest BCUT2D eigenvalue weighted by Gasteiger charge is 2.30. The molecular weight excluding hydrogens is 584 g/mol. The molecule has 0 spiro atoms. The van der Waals surface area contributed by atoms with Crippen LogP contribution < -0.4 is 19.7 Å². The van der Waals surface area contributed by atoms with Crippen LogP contribution in [0.5, 0.6) is 11.6 Å². The van der Waals surface area contributed by atoms with E-state index < -0.39 is 27.7 Å². The number of hydrogen-bond acceptors (Lipinski definition) is 7. The molecule has 0 unspecified atom stereocenters. The molecule has 0 atom stereocenters. The van der Waals surface area contributed by atoms with Gasteiger partial charge in [0.2, 0.25) is 15.9 Å². The lowest BCUT2D eigenvalue weighted by atomic mass is 10.0. The van der Waals surface area contributed by atoms with E-state index in [1.54, 1.807) is 41.4 Å². The number of thiophene rings is 1. The summed E-state index contributed by atoms with van der Waals surface area (Å²) in [5.41, 5.74) is 2.12. The van der Waals surface area contributed by atoms with Crippen LogP contribution >= 0.6 is 11.3 Å². The quantitative estimate of drug-likeness (QED) is 0.230. The maximum atomic E-state index is 14.2. The van der Waals surface area contributed by atoms with E-state index in [-0.39, 0.29) is 11.7 Å². The Morgan fingerprint density at radius 1 is 1.10 bits per heavy atom. The van der Waals surface area contributed by atoms with E-state index in [0.29, 0.717) is 36.7 Å². The number of benzene rings is 2. The monoisotopic (exact) mass is 613 g/mol. The predicted molar refractivity (Wildman–Crippen MR) is 160 cm³/mol. The fourth-order valence-electron chi connectivity index (χ4n) is 4.74. The van der Waals surface area contributed by atoms with Crippen molar-refractivity contribution < 1.29 is 26.7 Å². The van der Waals surface area contributed by atoms with Crippen LogP contribution in [0, 0.1) is 11.6 Å². The van der Waals surface area contributed by atoms with Crippen LogP contribution in [0.1, 0.15) is 18.4 Å². The lowest BCUT2D eigenvalue weighted by molar-refractivity contribution is 0.199. The molecule has 9 nitrogen and oxygen atoms in total. The molecule has 2 N–H and O–H groups in total. The fourth-order valence-corrected chi connectivity index (χ4v) is 5.93. The molecule has 2 aromatic carbocycles. The summed E-state index contributed by atoms with van der Waals surface area (Å²) in [7, 11) is -3.35. The number of nitrogens with zero attached hydrogens (tertiary/aromatic N) is 3. The zero-order valence-corrected chi connectivity index (χ0v) is 24.3. The highest BCUT2D eigenvalue weighted by atomic mass is 32.2. The van der Waals surface area contributed by atoms with E-state index in [4.69, 9.17) is 4.74 Å². The molecule has 42 heavy (non-hydrogen) atoms. The van der Waals surface area contributed by atoms with Gasteiger partial charge in [0.1, 0.15) is 17.4 Å². The first-order valence-corrected chi connectivity index (χ1v) is 16.0. The number of likely N-dealkylation sites (tertiary alicyclic amines) is 1. The van der Waals surface area contributed by atoms with E-state index in [0.717, 1.165) is 42.7 Å². The van der Waals surface area contributed by atoms with Crippen LogP contribution in [0.25, 0.3) is 0 Å². The number of nitrogens with one attached hydrogen (secondary N) is 2. The summed E-state index contributed by atoms with van der Waals surface area (Å²) in [6.45, 7) is 2.17. The number of carbonyl (C=O) groups is 1. The summed E-state index contributed by atoms with van der Waals surface area (Å²) < 4.78 is 58.4. The molecule has 220 valence electrons. The standard InChI is InChI=1S/C29H29F2N5O4S2/c1-42(38,39)34-22-4-6-25(7-5-22)40-28-9-2-20(17-32-28)18-35-13-10-23(11-14-35)36(24-12-15-41-19-24)29(37)33-27-8-3-21(30)16-26(27)31/h2-9,12,15-17,19,23,34H,10-11,13-14,18H2,1H3,(H,33,37). The van der Waals surface area contributed by atoms with Gasteiger partial charge in [-0.3, -0.25) is 14.5 Å². The summed E-state index contributed by atoms with van der Waals surface area (Å²) >= 11 is 1.47. The van der Waals surface area contributed by atoms with Gasteiger partial charge in [0.15, 0.2) is 0 Å². The smallest absolute Gasteiger partial charge is 0.326 e. The minimum atomic E-state index is -3.35. The largest absolute Gasteiger partial charge is 0.439 e. The number of sulfonamides is 1. The van der Waals surface area contributed by atoms with Crippen molar-refractivity contribution in [1.82, 2.24) is 9.88 Å². The zero-order chi connectivity index (χ0) is 29.7. The number of rotatable bonds is 9. The molecule has 2 aromatic heterocycles. The Bertz CT molecular complexity index is 1610. The Morgan fingerprint density at radius 3 is 2.48 bits per heavy atom. The van der Waals surface area contributed by atoms with Crippen molar-refractivity contribution in [2.45, 2.75) is 25.4 Å².